The highest BCUT2D eigenvalue weighted by atomic mass is 15.3. The van der Waals surface area contributed by atoms with Crippen LogP contribution in [0.25, 0.3) is 11.5 Å². The number of hydrogen-bond donors (Lipinski definition) is 1. The lowest BCUT2D eigenvalue weighted by molar-refractivity contribution is 0.816. The molecule has 0 atom stereocenters. The molecule has 3 aromatic rings. The largest absolute Gasteiger partial charge is 0.330 e. The third-order valence-electron chi connectivity index (χ3n) is 2.92. The third kappa shape index (κ3) is 1.69. The van der Waals surface area contributed by atoms with Gasteiger partial charge in [0.2, 0.25) is 0 Å². The molecule has 0 bridgehead atoms. The molecule has 92 valence electrons. The van der Waals surface area contributed by atoms with Gasteiger partial charge in [-0.25, -0.2) is 9.67 Å². The maximum Gasteiger partial charge on any atom is 0.175 e. The van der Waals surface area contributed by atoms with Gasteiger partial charge in [-0.05, 0) is 31.2 Å². The van der Waals surface area contributed by atoms with E-state index in [1.807, 2.05) is 48.4 Å². The third-order valence-corrected chi connectivity index (χ3v) is 2.92. The minimum atomic E-state index is 0.593. The number of pyridine rings is 1. The highest BCUT2D eigenvalue weighted by molar-refractivity contribution is 5.48. The van der Waals surface area contributed by atoms with Crippen molar-refractivity contribution in [2.45, 2.75) is 13.3 Å². The molecule has 3 rings (SSSR count). The molecule has 0 fully saturated rings. The molecule has 3 heterocycles. The molecule has 0 aliphatic carbocycles. The number of fused-ring (bicyclic) bond motifs is 1. The summed E-state index contributed by atoms with van der Waals surface area (Å²) in [5.74, 6) is 0.861. The standard InChI is InChI=1S/C13H15N5/c1-10-8-15-18(9-10)13-11(5-6-14)17-7-3-2-4-12(17)16-13/h2-4,7-9H,5-6,14H2,1H3. The van der Waals surface area contributed by atoms with Crippen molar-refractivity contribution in [2.24, 2.45) is 5.73 Å². The maximum absolute atomic E-state index is 5.69. The van der Waals surface area contributed by atoms with Gasteiger partial charge in [-0.1, -0.05) is 6.07 Å². The van der Waals surface area contributed by atoms with Gasteiger partial charge in [0.05, 0.1) is 11.9 Å². The van der Waals surface area contributed by atoms with E-state index in [1.165, 1.54) is 0 Å². The first kappa shape index (κ1) is 11.0. The molecule has 0 aliphatic rings. The fourth-order valence-electron chi connectivity index (χ4n) is 2.12. The van der Waals surface area contributed by atoms with Crippen molar-refractivity contribution >= 4 is 5.65 Å². The van der Waals surface area contributed by atoms with Crippen molar-refractivity contribution in [2.75, 3.05) is 6.54 Å². The molecule has 18 heavy (non-hydrogen) atoms. The molecule has 0 spiro atoms. The predicted molar refractivity (Wildman–Crippen MR) is 69.8 cm³/mol. The minimum absolute atomic E-state index is 0.593. The van der Waals surface area contributed by atoms with Gasteiger partial charge in [-0.15, -0.1) is 0 Å². The Labute approximate surface area is 105 Å². The molecule has 0 saturated heterocycles. The zero-order valence-electron chi connectivity index (χ0n) is 10.2. The first-order chi connectivity index (χ1) is 8.79. The fourth-order valence-corrected chi connectivity index (χ4v) is 2.12. The number of hydrogen-bond acceptors (Lipinski definition) is 3. The van der Waals surface area contributed by atoms with E-state index in [2.05, 4.69) is 14.5 Å². The van der Waals surface area contributed by atoms with Crippen molar-refractivity contribution in [1.29, 1.82) is 0 Å². The smallest absolute Gasteiger partial charge is 0.175 e. The Kier molecular flexibility index (Phi) is 2.60. The molecule has 0 aromatic carbocycles. The van der Waals surface area contributed by atoms with Crippen LogP contribution in [-0.2, 0) is 6.42 Å². The monoisotopic (exact) mass is 241 g/mol. The summed E-state index contributed by atoms with van der Waals surface area (Å²) in [6.45, 7) is 2.61. The van der Waals surface area contributed by atoms with Crippen LogP contribution < -0.4 is 5.73 Å². The Morgan fingerprint density at radius 2 is 2.22 bits per heavy atom. The van der Waals surface area contributed by atoms with Gasteiger partial charge in [0.15, 0.2) is 5.82 Å². The molecular weight excluding hydrogens is 226 g/mol. The van der Waals surface area contributed by atoms with Crippen LogP contribution in [0.2, 0.25) is 0 Å². The summed E-state index contributed by atoms with van der Waals surface area (Å²) in [6.07, 6.45) is 6.59. The molecule has 0 amide bonds. The number of aromatic nitrogens is 4. The molecule has 0 radical (unpaired) electrons. The summed E-state index contributed by atoms with van der Waals surface area (Å²) in [5.41, 5.74) is 8.82. The SMILES string of the molecule is Cc1cnn(-c2nc3ccccn3c2CCN)c1. The van der Waals surface area contributed by atoms with Crippen molar-refractivity contribution in [1.82, 2.24) is 19.2 Å². The topological polar surface area (TPSA) is 61.1 Å². The van der Waals surface area contributed by atoms with Gasteiger partial charge in [-0.3, -0.25) is 0 Å². The average molecular weight is 241 g/mol. The average Bonchev–Trinajstić information content (AvgIpc) is 2.95. The summed E-state index contributed by atoms with van der Waals surface area (Å²) >= 11 is 0. The normalized spacial score (nSPS) is 11.2. The second-order valence-electron chi connectivity index (χ2n) is 4.31. The molecule has 3 aromatic heterocycles. The van der Waals surface area contributed by atoms with E-state index in [4.69, 9.17) is 5.73 Å². The van der Waals surface area contributed by atoms with E-state index in [9.17, 15) is 0 Å². The Hall–Kier alpha value is -2.14. The number of nitrogens with zero attached hydrogens (tertiary/aromatic N) is 4. The van der Waals surface area contributed by atoms with Crippen molar-refractivity contribution in [3.05, 3.63) is 48.0 Å². The van der Waals surface area contributed by atoms with E-state index in [0.717, 1.165) is 29.1 Å². The van der Waals surface area contributed by atoms with Gasteiger partial charge in [0, 0.05) is 18.8 Å². The lowest BCUT2D eigenvalue weighted by Crippen LogP contribution is -2.08. The Bertz CT molecular complexity index is 680. The molecule has 0 saturated carbocycles. The van der Waals surface area contributed by atoms with Crippen LogP contribution in [0.4, 0.5) is 0 Å². The number of aryl methyl sites for hydroxylation is 1. The van der Waals surface area contributed by atoms with E-state index >= 15 is 0 Å². The van der Waals surface area contributed by atoms with Gasteiger partial charge < -0.3 is 10.1 Å². The van der Waals surface area contributed by atoms with E-state index in [0.29, 0.717) is 6.54 Å². The van der Waals surface area contributed by atoms with Gasteiger partial charge in [-0.2, -0.15) is 5.10 Å². The van der Waals surface area contributed by atoms with Crippen LogP contribution in [0.3, 0.4) is 0 Å². The lowest BCUT2D eigenvalue weighted by atomic mass is 10.3. The van der Waals surface area contributed by atoms with E-state index < -0.39 is 0 Å². The van der Waals surface area contributed by atoms with Gasteiger partial charge in [0.25, 0.3) is 0 Å². The van der Waals surface area contributed by atoms with Crippen LogP contribution in [-0.4, -0.2) is 25.7 Å². The molecular formula is C13H15N5. The zero-order valence-corrected chi connectivity index (χ0v) is 10.2. The first-order valence-corrected chi connectivity index (χ1v) is 5.97. The first-order valence-electron chi connectivity index (χ1n) is 5.97. The van der Waals surface area contributed by atoms with E-state index in [1.54, 1.807) is 0 Å². The second-order valence-corrected chi connectivity index (χ2v) is 4.31. The lowest BCUT2D eigenvalue weighted by Gasteiger charge is -2.02. The highest BCUT2D eigenvalue weighted by Gasteiger charge is 2.13. The number of imidazole rings is 1. The Morgan fingerprint density at radius 1 is 1.33 bits per heavy atom. The quantitative estimate of drug-likeness (QED) is 0.752. The summed E-state index contributed by atoms with van der Waals surface area (Å²) in [6, 6.07) is 5.96. The van der Waals surface area contributed by atoms with Crippen LogP contribution >= 0.6 is 0 Å². The second kappa shape index (κ2) is 4.27. The number of nitrogens with two attached hydrogens (primary N) is 1. The summed E-state index contributed by atoms with van der Waals surface area (Å²) in [4.78, 5) is 4.62. The molecule has 2 N–H and O–H groups in total. The molecule has 0 aliphatic heterocycles. The van der Waals surface area contributed by atoms with Crippen LogP contribution in [0.1, 0.15) is 11.3 Å². The van der Waals surface area contributed by atoms with Crippen molar-refractivity contribution in [3.8, 4) is 5.82 Å². The summed E-state index contributed by atoms with van der Waals surface area (Å²) < 4.78 is 3.88. The van der Waals surface area contributed by atoms with Crippen LogP contribution in [0.5, 0.6) is 0 Å². The predicted octanol–water partition coefficient (Wildman–Crippen LogP) is 1.33. The zero-order chi connectivity index (χ0) is 12.5. The van der Waals surface area contributed by atoms with Gasteiger partial charge >= 0.3 is 0 Å². The van der Waals surface area contributed by atoms with Crippen LogP contribution in [0, 0.1) is 6.92 Å². The van der Waals surface area contributed by atoms with Gasteiger partial charge in [0.1, 0.15) is 5.65 Å². The summed E-state index contributed by atoms with van der Waals surface area (Å²) in [7, 11) is 0. The molecule has 5 nitrogen and oxygen atoms in total. The fraction of sp³-hybridized carbons (Fsp3) is 0.231. The van der Waals surface area contributed by atoms with Crippen molar-refractivity contribution in [3.63, 3.8) is 0 Å². The summed E-state index contributed by atoms with van der Waals surface area (Å²) in [5, 5.41) is 4.32. The molecule has 0 unspecified atom stereocenters. The number of rotatable bonds is 3. The van der Waals surface area contributed by atoms with E-state index in [-0.39, 0.29) is 0 Å². The van der Waals surface area contributed by atoms with Crippen LogP contribution in [0.15, 0.2) is 36.8 Å². The molecule has 5 heteroatoms. The van der Waals surface area contributed by atoms with Crippen molar-refractivity contribution < 1.29 is 0 Å². The highest BCUT2D eigenvalue weighted by Crippen LogP contribution is 2.17. The minimum Gasteiger partial charge on any atom is -0.330 e. The maximum atomic E-state index is 5.69. The Balaban J connectivity index is 2.24. The Morgan fingerprint density at radius 3 is 2.94 bits per heavy atom.